The molecule has 1 fully saturated rings. The maximum atomic E-state index is 13.5. The predicted octanol–water partition coefficient (Wildman–Crippen LogP) is 4.40. The standard InChI is InChI=1S/C21H25F2N3O3S/c1-21(2,3)29-20(28)26-6-4-5-15(11-26)25-19(27)18-16(24)10-17(30-18)12-7-13(22)9-14(23)8-12/h7-10,15H,4-6,11,24H2,1-3H3,(H,25,27)/t15-/m1/s1. The Labute approximate surface area is 178 Å². The van der Waals surface area contributed by atoms with E-state index < -0.39 is 23.3 Å². The summed E-state index contributed by atoms with van der Waals surface area (Å²) in [6, 6.07) is 4.46. The van der Waals surface area contributed by atoms with E-state index >= 15 is 0 Å². The third-order valence-electron chi connectivity index (χ3n) is 4.52. The number of amides is 2. The summed E-state index contributed by atoms with van der Waals surface area (Å²) < 4.78 is 32.4. The number of thiophene rings is 1. The fourth-order valence-electron chi connectivity index (χ4n) is 3.26. The molecular formula is C21H25F2N3O3S. The zero-order chi connectivity index (χ0) is 22.1. The Kier molecular flexibility index (Phi) is 6.30. The van der Waals surface area contributed by atoms with Crippen LogP contribution in [-0.4, -0.2) is 41.6 Å². The predicted molar refractivity (Wildman–Crippen MR) is 112 cm³/mol. The van der Waals surface area contributed by atoms with Crippen LogP contribution in [0.2, 0.25) is 0 Å². The van der Waals surface area contributed by atoms with Gasteiger partial charge in [-0.1, -0.05) is 0 Å². The van der Waals surface area contributed by atoms with Gasteiger partial charge >= 0.3 is 6.09 Å². The largest absolute Gasteiger partial charge is 0.444 e. The second-order valence-corrected chi connectivity index (χ2v) is 9.34. The zero-order valence-electron chi connectivity index (χ0n) is 17.1. The molecule has 2 heterocycles. The second-order valence-electron chi connectivity index (χ2n) is 8.29. The van der Waals surface area contributed by atoms with Crippen LogP contribution in [0.1, 0.15) is 43.3 Å². The number of nitrogens with one attached hydrogen (secondary N) is 1. The number of nitrogen functional groups attached to an aromatic ring is 1. The van der Waals surface area contributed by atoms with E-state index in [9.17, 15) is 18.4 Å². The number of nitrogens with zero attached hydrogens (tertiary/aromatic N) is 1. The van der Waals surface area contributed by atoms with Gasteiger partial charge in [-0.2, -0.15) is 0 Å². The summed E-state index contributed by atoms with van der Waals surface area (Å²) >= 11 is 1.07. The van der Waals surface area contributed by atoms with Gasteiger partial charge in [-0.25, -0.2) is 13.6 Å². The number of likely N-dealkylation sites (tertiary alicyclic amines) is 1. The molecule has 2 aromatic rings. The average molecular weight is 438 g/mol. The molecular weight excluding hydrogens is 412 g/mol. The van der Waals surface area contributed by atoms with Crippen LogP contribution in [0.25, 0.3) is 10.4 Å². The van der Waals surface area contributed by atoms with Crippen molar-refractivity contribution < 1.29 is 23.1 Å². The number of rotatable bonds is 3. The van der Waals surface area contributed by atoms with Crippen LogP contribution >= 0.6 is 11.3 Å². The number of carbonyl (C=O) groups is 2. The van der Waals surface area contributed by atoms with Gasteiger partial charge in [0.1, 0.15) is 22.1 Å². The van der Waals surface area contributed by atoms with Crippen LogP contribution in [0, 0.1) is 11.6 Å². The number of benzene rings is 1. The number of ether oxygens (including phenoxy) is 1. The van der Waals surface area contributed by atoms with Crippen molar-refractivity contribution in [3.63, 3.8) is 0 Å². The van der Waals surface area contributed by atoms with E-state index in [-0.39, 0.29) is 22.5 Å². The molecule has 0 spiro atoms. The monoisotopic (exact) mass is 437 g/mol. The molecule has 2 amide bonds. The number of anilines is 1. The van der Waals surface area contributed by atoms with Crippen molar-refractivity contribution in [2.45, 2.75) is 45.3 Å². The number of piperidine rings is 1. The molecule has 0 saturated carbocycles. The lowest BCUT2D eigenvalue weighted by molar-refractivity contribution is 0.0186. The molecule has 0 bridgehead atoms. The molecule has 1 aliphatic heterocycles. The highest BCUT2D eigenvalue weighted by molar-refractivity contribution is 7.18. The van der Waals surface area contributed by atoms with Crippen molar-refractivity contribution in [3.8, 4) is 10.4 Å². The number of halogens is 2. The van der Waals surface area contributed by atoms with E-state index in [2.05, 4.69) is 5.32 Å². The normalized spacial score (nSPS) is 17.0. The van der Waals surface area contributed by atoms with Crippen molar-refractivity contribution >= 4 is 29.0 Å². The highest BCUT2D eigenvalue weighted by Gasteiger charge is 2.29. The van der Waals surface area contributed by atoms with Crippen molar-refractivity contribution in [2.24, 2.45) is 0 Å². The summed E-state index contributed by atoms with van der Waals surface area (Å²) in [6.45, 7) is 6.31. The Morgan fingerprint density at radius 2 is 1.87 bits per heavy atom. The van der Waals surface area contributed by atoms with Gasteiger partial charge in [0.2, 0.25) is 0 Å². The molecule has 0 aliphatic carbocycles. The first kappa shape index (κ1) is 22.0. The van der Waals surface area contributed by atoms with E-state index in [0.717, 1.165) is 30.2 Å². The molecule has 0 unspecified atom stereocenters. The van der Waals surface area contributed by atoms with Gasteiger partial charge in [0, 0.05) is 30.1 Å². The van der Waals surface area contributed by atoms with Crippen LogP contribution in [-0.2, 0) is 4.74 Å². The molecule has 1 atom stereocenters. The highest BCUT2D eigenvalue weighted by Crippen LogP contribution is 2.34. The Morgan fingerprint density at radius 1 is 1.20 bits per heavy atom. The molecule has 30 heavy (non-hydrogen) atoms. The maximum absolute atomic E-state index is 13.5. The number of carbonyl (C=O) groups excluding carboxylic acids is 2. The highest BCUT2D eigenvalue weighted by atomic mass is 32.1. The number of hydrogen-bond acceptors (Lipinski definition) is 5. The fraction of sp³-hybridized carbons (Fsp3) is 0.429. The lowest BCUT2D eigenvalue weighted by Crippen LogP contribution is -2.50. The van der Waals surface area contributed by atoms with Gasteiger partial charge in [0.05, 0.1) is 5.69 Å². The smallest absolute Gasteiger partial charge is 0.410 e. The van der Waals surface area contributed by atoms with Crippen LogP contribution in [0.15, 0.2) is 24.3 Å². The molecule has 9 heteroatoms. The van der Waals surface area contributed by atoms with Gasteiger partial charge in [0.25, 0.3) is 5.91 Å². The lowest BCUT2D eigenvalue weighted by Gasteiger charge is -2.34. The Hall–Kier alpha value is -2.68. The zero-order valence-corrected chi connectivity index (χ0v) is 17.9. The molecule has 3 rings (SSSR count). The van der Waals surface area contributed by atoms with Crippen LogP contribution < -0.4 is 11.1 Å². The van der Waals surface area contributed by atoms with Crippen molar-refractivity contribution in [2.75, 3.05) is 18.8 Å². The second kappa shape index (κ2) is 8.59. The molecule has 6 nitrogen and oxygen atoms in total. The lowest BCUT2D eigenvalue weighted by atomic mass is 10.1. The third-order valence-corrected chi connectivity index (χ3v) is 5.72. The SMILES string of the molecule is CC(C)(C)OC(=O)N1CCC[C@@H](NC(=O)c2sc(-c3cc(F)cc(F)c3)cc2N)C1. The fourth-order valence-corrected chi connectivity index (χ4v) is 4.23. The van der Waals surface area contributed by atoms with Crippen molar-refractivity contribution in [1.82, 2.24) is 10.2 Å². The van der Waals surface area contributed by atoms with E-state index in [1.807, 2.05) is 0 Å². The quantitative estimate of drug-likeness (QED) is 0.745. The first-order valence-electron chi connectivity index (χ1n) is 9.66. The summed E-state index contributed by atoms with van der Waals surface area (Å²) in [5, 5.41) is 2.91. The summed E-state index contributed by atoms with van der Waals surface area (Å²) in [5.41, 5.74) is 5.94. The Balaban J connectivity index is 1.69. The van der Waals surface area contributed by atoms with Crippen LogP contribution in [0.4, 0.5) is 19.3 Å². The van der Waals surface area contributed by atoms with Crippen LogP contribution in [0.5, 0.6) is 0 Å². The minimum atomic E-state index is -0.701. The third kappa shape index (κ3) is 5.47. The summed E-state index contributed by atoms with van der Waals surface area (Å²) in [6.07, 6.45) is 1.04. The van der Waals surface area contributed by atoms with Crippen molar-refractivity contribution in [1.29, 1.82) is 0 Å². The molecule has 1 aliphatic rings. The van der Waals surface area contributed by atoms with E-state index in [4.69, 9.17) is 10.5 Å². The van der Waals surface area contributed by atoms with E-state index in [1.54, 1.807) is 25.7 Å². The van der Waals surface area contributed by atoms with Crippen molar-refractivity contribution in [3.05, 3.63) is 40.8 Å². The van der Waals surface area contributed by atoms with E-state index in [0.29, 0.717) is 23.5 Å². The van der Waals surface area contributed by atoms with Gasteiger partial charge in [-0.15, -0.1) is 11.3 Å². The Bertz CT molecular complexity index is 935. The summed E-state index contributed by atoms with van der Waals surface area (Å²) in [7, 11) is 0. The van der Waals surface area contributed by atoms with Gasteiger partial charge in [-0.05, 0) is 57.4 Å². The summed E-state index contributed by atoms with van der Waals surface area (Å²) in [5.74, 6) is -1.78. The van der Waals surface area contributed by atoms with Gasteiger partial charge in [0.15, 0.2) is 0 Å². The summed E-state index contributed by atoms with van der Waals surface area (Å²) in [4.78, 5) is 27.4. The molecule has 0 radical (unpaired) electrons. The minimum absolute atomic E-state index is 0.233. The molecule has 1 aromatic heterocycles. The first-order valence-corrected chi connectivity index (χ1v) is 10.5. The Morgan fingerprint density at radius 3 is 2.50 bits per heavy atom. The molecule has 1 saturated heterocycles. The topological polar surface area (TPSA) is 84.7 Å². The first-order chi connectivity index (χ1) is 14.0. The molecule has 3 N–H and O–H groups in total. The number of nitrogens with two attached hydrogens (primary N) is 1. The van der Waals surface area contributed by atoms with Crippen LogP contribution in [0.3, 0.4) is 0 Å². The number of hydrogen-bond donors (Lipinski definition) is 2. The molecule has 162 valence electrons. The van der Waals surface area contributed by atoms with Gasteiger partial charge in [-0.3, -0.25) is 4.79 Å². The molecule has 1 aromatic carbocycles. The minimum Gasteiger partial charge on any atom is -0.444 e. The van der Waals surface area contributed by atoms with E-state index in [1.165, 1.54) is 18.2 Å². The van der Waals surface area contributed by atoms with Gasteiger partial charge < -0.3 is 20.7 Å². The maximum Gasteiger partial charge on any atom is 0.410 e. The average Bonchev–Trinajstić information content (AvgIpc) is 3.02.